The molecule has 2 atom stereocenters. The first-order chi connectivity index (χ1) is 8.01. The summed E-state index contributed by atoms with van der Waals surface area (Å²) in [6, 6.07) is 0. The van der Waals surface area contributed by atoms with Crippen LogP contribution in [0.3, 0.4) is 0 Å². The fraction of sp³-hybridized carbons (Fsp3) is 0.917. The van der Waals surface area contributed by atoms with Gasteiger partial charge in [0.15, 0.2) is 0 Å². The first-order valence-corrected chi connectivity index (χ1v) is 6.21. The van der Waals surface area contributed by atoms with E-state index in [0.717, 1.165) is 32.6 Å². The predicted octanol–water partition coefficient (Wildman–Crippen LogP) is 0.408. The SMILES string of the molecule is CCN1CCC(CNC(C)(COC)C(=O)O)C1. The van der Waals surface area contributed by atoms with E-state index >= 15 is 0 Å². The lowest BCUT2D eigenvalue weighted by Gasteiger charge is -2.27. The van der Waals surface area contributed by atoms with Crippen LogP contribution in [0, 0.1) is 5.92 Å². The fourth-order valence-electron chi connectivity index (χ4n) is 2.21. The minimum atomic E-state index is -0.978. The van der Waals surface area contributed by atoms with Crippen molar-refractivity contribution in [2.75, 3.05) is 39.9 Å². The van der Waals surface area contributed by atoms with E-state index < -0.39 is 11.5 Å². The predicted molar refractivity (Wildman–Crippen MR) is 66.1 cm³/mol. The number of nitrogens with zero attached hydrogens (tertiary/aromatic N) is 1. The van der Waals surface area contributed by atoms with Gasteiger partial charge >= 0.3 is 5.97 Å². The van der Waals surface area contributed by atoms with Crippen LogP contribution in [-0.2, 0) is 9.53 Å². The van der Waals surface area contributed by atoms with Crippen molar-refractivity contribution >= 4 is 5.97 Å². The van der Waals surface area contributed by atoms with Crippen molar-refractivity contribution in [3.05, 3.63) is 0 Å². The van der Waals surface area contributed by atoms with E-state index in [1.807, 2.05) is 0 Å². The zero-order chi connectivity index (χ0) is 12.9. The van der Waals surface area contributed by atoms with E-state index in [1.165, 1.54) is 7.11 Å². The number of rotatable bonds is 7. The van der Waals surface area contributed by atoms with Gasteiger partial charge in [-0.3, -0.25) is 10.1 Å². The molecule has 1 aliphatic rings. The number of likely N-dealkylation sites (tertiary alicyclic amines) is 1. The highest BCUT2D eigenvalue weighted by molar-refractivity contribution is 5.78. The number of carbonyl (C=O) groups is 1. The maximum atomic E-state index is 11.2. The van der Waals surface area contributed by atoms with Gasteiger partial charge < -0.3 is 14.7 Å². The van der Waals surface area contributed by atoms with Crippen molar-refractivity contribution in [2.24, 2.45) is 5.92 Å². The van der Waals surface area contributed by atoms with Gasteiger partial charge in [0.2, 0.25) is 0 Å². The summed E-state index contributed by atoms with van der Waals surface area (Å²) in [7, 11) is 1.53. The standard InChI is InChI=1S/C12H24N2O3/c1-4-14-6-5-10(8-14)7-13-12(2,9-17-3)11(15)16/h10,13H,4-9H2,1-3H3,(H,15,16). The molecule has 1 saturated heterocycles. The molecule has 1 aliphatic heterocycles. The van der Waals surface area contributed by atoms with Crippen LogP contribution in [-0.4, -0.2) is 61.4 Å². The van der Waals surface area contributed by atoms with Crippen LogP contribution in [0.4, 0.5) is 0 Å². The topological polar surface area (TPSA) is 61.8 Å². The Morgan fingerprint density at radius 2 is 2.35 bits per heavy atom. The Balaban J connectivity index is 2.40. The van der Waals surface area contributed by atoms with Gasteiger partial charge in [0.1, 0.15) is 5.54 Å². The number of aliphatic carboxylic acids is 1. The summed E-state index contributed by atoms with van der Waals surface area (Å²) in [6.07, 6.45) is 1.14. The number of hydrogen-bond acceptors (Lipinski definition) is 4. The molecule has 2 unspecified atom stereocenters. The van der Waals surface area contributed by atoms with Crippen molar-refractivity contribution in [1.82, 2.24) is 10.2 Å². The second kappa shape index (κ2) is 6.33. The van der Waals surface area contributed by atoms with Crippen molar-refractivity contribution in [2.45, 2.75) is 25.8 Å². The Morgan fingerprint density at radius 1 is 1.65 bits per heavy atom. The van der Waals surface area contributed by atoms with E-state index in [4.69, 9.17) is 4.74 Å². The van der Waals surface area contributed by atoms with Gasteiger partial charge in [-0.1, -0.05) is 6.92 Å². The highest BCUT2D eigenvalue weighted by Crippen LogP contribution is 2.16. The van der Waals surface area contributed by atoms with Crippen molar-refractivity contribution in [3.8, 4) is 0 Å². The Bertz CT molecular complexity index is 260. The Kier molecular flexibility index (Phi) is 5.36. The summed E-state index contributed by atoms with van der Waals surface area (Å²) >= 11 is 0. The van der Waals surface area contributed by atoms with Crippen LogP contribution in [0.2, 0.25) is 0 Å². The van der Waals surface area contributed by atoms with Crippen LogP contribution in [0.25, 0.3) is 0 Å². The second-order valence-corrected chi connectivity index (χ2v) is 5.00. The molecule has 5 heteroatoms. The van der Waals surface area contributed by atoms with Gasteiger partial charge in [0.05, 0.1) is 6.61 Å². The van der Waals surface area contributed by atoms with E-state index in [9.17, 15) is 9.90 Å². The van der Waals surface area contributed by atoms with Crippen molar-refractivity contribution in [1.29, 1.82) is 0 Å². The summed E-state index contributed by atoms with van der Waals surface area (Å²) in [6.45, 7) is 8.01. The molecule has 0 aliphatic carbocycles. The number of methoxy groups -OCH3 is 1. The van der Waals surface area contributed by atoms with Gasteiger partial charge in [0, 0.05) is 20.2 Å². The quantitative estimate of drug-likeness (QED) is 0.679. The number of carboxylic acid groups (broad SMARTS) is 1. The third kappa shape index (κ3) is 3.94. The third-order valence-electron chi connectivity index (χ3n) is 3.50. The lowest BCUT2D eigenvalue weighted by Crippen LogP contribution is -2.54. The molecule has 1 fully saturated rings. The van der Waals surface area contributed by atoms with Gasteiger partial charge in [-0.15, -0.1) is 0 Å². The molecule has 0 amide bonds. The first-order valence-electron chi connectivity index (χ1n) is 6.21. The fourth-order valence-corrected chi connectivity index (χ4v) is 2.21. The maximum absolute atomic E-state index is 11.2. The lowest BCUT2D eigenvalue weighted by atomic mass is 10.0. The Morgan fingerprint density at radius 3 is 2.82 bits per heavy atom. The van der Waals surface area contributed by atoms with E-state index in [-0.39, 0.29) is 6.61 Å². The van der Waals surface area contributed by atoms with Crippen LogP contribution >= 0.6 is 0 Å². The van der Waals surface area contributed by atoms with Crippen LogP contribution in [0.1, 0.15) is 20.3 Å². The van der Waals surface area contributed by atoms with Gasteiger partial charge in [0.25, 0.3) is 0 Å². The average Bonchev–Trinajstić information content (AvgIpc) is 2.74. The van der Waals surface area contributed by atoms with E-state index in [2.05, 4.69) is 17.1 Å². The molecule has 1 heterocycles. The molecule has 0 aromatic heterocycles. The zero-order valence-corrected chi connectivity index (χ0v) is 11.0. The van der Waals surface area contributed by atoms with Crippen LogP contribution in [0.5, 0.6) is 0 Å². The highest BCUT2D eigenvalue weighted by Gasteiger charge is 2.34. The number of hydrogen-bond donors (Lipinski definition) is 2. The molecule has 5 nitrogen and oxygen atoms in total. The summed E-state index contributed by atoms with van der Waals surface area (Å²) in [5.74, 6) is -0.310. The van der Waals surface area contributed by atoms with Crippen molar-refractivity contribution in [3.63, 3.8) is 0 Å². The number of nitrogens with one attached hydrogen (secondary N) is 1. The molecule has 100 valence electrons. The molecular formula is C12H24N2O3. The maximum Gasteiger partial charge on any atom is 0.326 e. The van der Waals surface area contributed by atoms with Gasteiger partial charge in [-0.25, -0.2) is 0 Å². The highest BCUT2D eigenvalue weighted by atomic mass is 16.5. The zero-order valence-electron chi connectivity index (χ0n) is 11.0. The normalized spacial score (nSPS) is 24.8. The molecule has 17 heavy (non-hydrogen) atoms. The molecule has 0 aromatic carbocycles. The third-order valence-corrected chi connectivity index (χ3v) is 3.50. The van der Waals surface area contributed by atoms with Crippen LogP contribution < -0.4 is 5.32 Å². The Hall–Kier alpha value is -0.650. The average molecular weight is 244 g/mol. The molecule has 0 bridgehead atoms. The monoisotopic (exact) mass is 244 g/mol. The molecular weight excluding hydrogens is 220 g/mol. The van der Waals surface area contributed by atoms with Gasteiger partial charge in [-0.05, 0) is 32.4 Å². The lowest BCUT2D eigenvalue weighted by molar-refractivity contribution is -0.146. The molecule has 0 saturated carbocycles. The summed E-state index contributed by atoms with van der Waals surface area (Å²) in [5.41, 5.74) is -0.978. The second-order valence-electron chi connectivity index (χ2n) is 5.00. The Labute approximate surface area is 103 Å². The summed E-state index contributed by atoms with van der Waals surface area (Å²) in [4.78, 5) is 13.6. The molecule has 1 rings (SSSR count). The molecule has 0 aromatic rings. The van der Waals surface area contributed by atoms with Crippen molar-refractivity contribution < 1.29 is 14.6 Å². The van der Waals surface area contributed by atoms with E-state index in [0.29, 0.717) is 5.92 Å². The minimum Gasteiger partial charge on any atom is -0.480 e. The smallest absolute Gasteiger partial charge is 0.326 e. The summed E-state index contributed by atoms with van der Waals surface area (Å²) in [5, 5.41) is 12.3. The summed E-state index contributed by atoms with van der Waals surface area (Å²) < 4.78 is 4.97. The van der Waals surface area contributed by atoms with Gasteiger partial charge in [-0.2, -0.15) is 0 Å². The van der Waals surface area contributed by atoms with Crippen LogP contribution in [0.15, 0.2) is 0 Å². The van der Waals surface area contributed by atoms with E-state index in [1.54, 1.807) is 6.92 Å². The molecule has 0 spiro atoms. The molecule has 0 radical (unpaired) electrons. The number of ether oxygens (including phenoxy) is 1. The largest absolute Gasteiger partial charge is 0.480 e. The first kappa shape index (κ1) is 14.4. The minimum absolute atomic E-state index is 0.187. The molecule has 2 N–H and O–H groups in total. The number of carboxylic acids is 1.